The fourth-order valence-corrected chi connectivity index (χ4v) is 3.92. The summed E-state index contributed by atoms with van der Waals surface area (Å²) in [6, 6.07) is 17.3. The number of nitrogens with zero attached hydrogens (tertiary/aromatic N) is 2. The summed E-state index contributed by atoms with van der Waals surface area (Å²) in [7, 11) is 0. The zero-order chi connectivity index (χ0) is 21.3. The van der Waals surface area contributed by atoms with Gasteiger partial charge in [-0.3, -0.25) is 0 Å². The van der Waals surface area contributed by atoms with Gasteiger partial charge < -0.3 is 5.11 Å². The predicted octanol–water partition coefficient (Wildman–Crippen LogP) is 5.00. The Hall–Kier alpha value is -2.79. The summed E-state index contributed by atoms with van der Waals surface area (Å²) in [5.41, 5.74) is 1.42. The maximum absolute atomic E-state index is 13.3. The van der Waals surface area contributed by atoms with Crippen molar-refractivity contribution in [3.05, 3.63) is 104 Å². The van der Waals surface area contributed by atoms with E-state index in [9.17, 15) is 9.90 Å². The molecule has 4 rings (SSSR count). The van der Waals surface area contributed by atoms with Crippen molar-refractivity contribution in [2.75, 3.05) is 0 Å². The van der Waals surface area contributed by atoms with Gasteiger partial charge in [0.05, 0.1) is 12.1 Å². The molecule has 0 N–H and O–H groups in total. The Morgan fingerprint density at radius 1 is 0.933 bits per heavy atom. The average Bonchev–Trinajstić information content (AvgIpc) is 2.71. The van der Waals surface area contributed by atoms with Crippen LogP contribution in [-0.2, 0) is 6.54 Å². The molecule has 0 radical (unpaired) electrons. The molecular formula is C23H15Cl3N2O2. The van der Waals surface area contributed by atoms with Gasteiger partial charge in [-0.2, -0.15) is 4.40 Å². The molecule has 0 unspecified atom stereocenters. The number of halogens is 3. The Bertz CT molecular complexity index is 1310. The zero-order valence-electron chi connectivity index (χ0n) is 15.6. The molecular weight excluding hydrogens is 443 g/mol. The van der Waals surface area contributed by atoms with Crippen LogP contribution in [-0.4, -0.2) is 4.40 Å². The summed E-state index contributed by atoms with van der Waals surface area (Å²) in [6.45, 7) is 0.274. The number of hydrogen-bond donors (Lipinski definition) is 0. The van der Waals surface area contributed by atoms with Gasteiger partial charge in [0.1, 0.15) is 12.1 Å². The summed E-state index contributed by atoms with van der Waals surface area (Å²) in [4.78, 5) is 13.1. The van der Waals surface area contributed by atoms with E-state index in [0.29, 0.717) is 26.3 Å². The third-order valence-corrected chi connectivity index (χ3v) is 5.31. The van der Waals surface area contributed by atoms with E-state index in [4.69, 9.17) is 34.8 Å². The average molecular weight is 458 g/mol. The minimum atomic E-state index is -0.424. The van der Waals surface area contributed by atoms with Crippen molar-refractivity contribution in [2.24, 2.45) is 0 Å². The Labute approximate surface area is 187 Å². The van der Waals surface area contributed by atoms with Gasteiger partial charge in [-0.05, 0) is 53.6 Å². The van der Waals surface area contributed by atoms with Crippen molar-refractivity contribution in [1.29, 1.82) is 0 Å². The van der Waals surface area contributed by atoms with Crippen molar-refractivity contribution < 1.29 is 9.67 Å². The first-order valence-corrected chi connectivity index (χ1v) is 10.2. The van der Waals surface area contributed by atoms with E-state index in [0.717, 1.165) is 5.56 Å². The number of fused-ring (bicyclic) bond motifs is 1. The van der Waals surface area contributed by atoms with Crippen LogP contribution in [0.15, 0.2) is 77.7 Å². The minimum Gasteiger partial charge on any atom is -0.842 e. The first kappa shape index (κ1) is 20.5. The standard InChI is InChI=1S/C23H15Cl3N2O2/c24-17-8-6-15(7-9-17)4-3-11-28-20-5-1-2-10-27(20)22(29)21(23(28)30)16-12-18(25)14-19(26)13-16/h1-10,12-14H,11H2/b4-3+. The van der Waals surface area contributed by atoms with E-state index < -0.39 is 11.4 Å². The van der Waals surface area contributed by atoms with E-state index >= 15 is 0 Å². The Balaban J connectivity index is 1.86. The van der Waals surface area contributed by atoms with Gasteiger partial charge in [0, 0.05) is 21.1 Å². The fraction of sp³-hybridized carbons (Fsp3) is 0.0435. The summed E-state index contributed by atoms with van der Waals surface area (Å²) in [6.07, 6.45) is 5.38. The molecule has 0 atom stereocenters. The number of allylic oxidation sites excluding steroid dienone is 1. The lowest BCUT2D eigenvalue weighted by atomic mass is 10.1. The molecule has 4 nitrogen and oxygen atoms in total. The molecule has 0 aliphatic carbocycles. The van der Waals surface area contributed by atoms with Crippen LogP contribution < -0.4 is 15.2 Å². The van der Waals surface area contributed by atoms with Gasteiger partial charge in [-0.1, -0.05) is 59.1 Å². The van der Waals surface area contributed by atoms with Crippen LogP contribution in [0.1, 0.15) is 5.56 Å². The second-order valence-electron chi connectivity index (χ2n) is 6.64. The molecule has 0 aliphatic heterocycles. The molecule has 0 fully saturated rings. The normalized spacial score (nSPS) is 11.4. The van der Waals surface area contributed by atoms with Crippen molar-refractivity contribution in [3.8, 4) is 17.0 Å². The molecule has 30 heavy (non-hydrogen) atoms. The lowest BCUT2D eigenvalue weighted by molar-refractivity contribution is -0.706. The number of aromatic nitrogens is 2. The molecule has 150 valence electrons. The molecule has 4 aromatic rings. The van der Waals surface area contributed by atoms with Crippen LogP contribution in [0.3, 0.4) is 0 Å². The first-order valence-electron chi connectivity index (χ1n) is 9.07. The zero-order valence-corrected chi connectivity index (χ0v) is 17.8. The van der Waals surface area contributed by atoms with E-state index in [1.807, 2.05) is 24.3 Å². The molecule has 0 bridgehead atoms. The SMILES string of the molecule is O=c1c(-c2cc(Cl)cc(Cl)c2)c([O-])[n+](C/C=C/c2ccc(Cl)cc2)c2ccccn12. The number of hydrogen-bond acceptors (Lipinski definition) is 2. The minimum absolute atomic E-state index is 0.0167. The molecule has 2 aromatic heterocycles. The molecule has 0 saturated carbocycles. The lowest BCUT2D eigenvalue weighted by Crippen LogP contribution is -2.43. The van der Waals surface area contributed by atoms with Gasteiger partial charge in [0.2, 0.25) is 0 Å². The Morgan fingerprint density at radius 3 is 2.33 bits per heavy atom. The quantitative estimate of drug-likeness (QED) is 0.405. The topological polar surface area (TPSA) is 48.4 Å². The maximum atomic E-state index is 13.3. The van der Waals surface area contributed by atoms with Crippen molar-refractivity contribution >= 4 is 46.5 Å². The molecule has 0 amide bonds. The number of benzene rings is 2. The maximum Gasteiger partial charge on any atom is 0.349 e. The van der Waals surface area contributed by atoms with E-state index in [1.54, 1.807) is 54.7 Å². The Kier molecular flexibility index (Phi) is 5.82. The van der Waals surface area contributed by atoms with Crippen molar-refractivity contribution in [2.45, 2.75) is 6.54 Å². The smallest absolute Gasteiger partial charge is 0.349 e. The molecule has 0 saturated heterocycles. The highest BCUT2D eigenvalue weighted by Crippen LogP contribution is 2.28. The summed E-state index contributed by atoms with van der Waals surface area (Å²) in [5.74, 6) is -0.412. The first-order chi connectivity index (χ1) is 14.4. The van der Waals surface area contributed by atoms with Crippen LogP contribution in [0, 0.1) is 0 Å². The molecule has 2 heterocycles. The third kappa shape index (κ3) is 4.08. The Morgan fingerprint density at radius 2 is 1.63 bits per heavy atom. The number of pyridine rings is 1. The van der Waals surface area contributed by atoms with Gasteiger partial charge in [-0.25, -0.2) is 9.36 Å². The molecule has 7 heteroatoms. The van der Waals surface area contributed by atoms with E-state index in [-0.39, 0.29) is 12.1 Å². The summed E-state index contributed by atoms with van der Waals surface area (Å²) >= 11 is 18.1. The van der Waals surface area contributed by atoms with Gasteiger partial charge in [0.25, 0.3) is 5.65 Å². The highest BCUT2D eigenvalue weighted by molar-refractivity contribution is 6.35. The van der Waals surface area contributed by atoms with Crippen molar-refractivity contribution in [1.82, 2.24) is 4.40 Å². The second kappa shape index (κ2) is 8.52. The van der Waals surface area contributed by atoms with Crippen LogP contribution in [0.25, 0.3) is 22.9 Å². The summed E-state index contributed by atoms with van der Waals surface area (Å²) in [5, 5.41) is 14.7. The van der Waals surface area contributed by atoms with Crippen LogP contribution in [0.4, 0.5) is 0 Å². The monoisotopic (exact) mass is 456 g/mol. The molecule has 0 spiro atoms. The van der Waals surface area contributed by atoms with Gasteiger partial charge in [-0.15, -0.1) is 0 Å². The highest BCUT2D eigenvalue weighted by atomic mass is 35.5. The third-order valence-electron chi connectivity index (χ3n) is 4.63. The molecule has 2 aromatic carbocycles. The van der Waals surface area contributed by atoms with E-state index in [1.165, 1.54) is 8.97 Å². The van der Waals surface area contributed by atoms with Gasteiger partial charge in [0.15, 0.2) is 0 Å². The van der Waals surface area contributed by atoms with Crippen LogP contribution in [0.5, 0.6) is 5.88 Å². The van der Waals surface area contributed by atoms with E-state index in [2.05, 4.69) is 0 Å². The highest BCUT2D eigenvalue weighted by Gasteiger charge is 2.19. The van der Waals surface area contributed by atoms with Gasteiger partial charge >= 0.3 is 5.56 Å². The van der Waals surface area contributed by atoms with Crippen LogP contribution in [0.2, 0.25) is 15.1 Å². The lowest BCUT2D eigenvalue weighted by Gasteiger charge is -2.16. The molecule has 0 aliphatic rings. The predicted molar refractivity (Wildman–Crippen MR) is 119 cm³/mol. The second-order valence-corrected chi connectivity index (χ2v) is 7.95. The van der Waals surface area contributed by atoms with Crippen molar-refractivity contribution in [3.63, 3.8) is 0 Å². The number of rotatable bonds is 4. The summed E-state index contributed by atoms with van der Waals surface area (Å²) < 4.78 is 2.99. The fourth-order valence-electron chi connectivity index (χ4n) is 3.27. The van der Waals surface area contributed by atoms with Crippen LogP contribution >= 0.6 is 34.8 Å². The largest absolute Gasteiger partial charge is 0.842 e.